The third kappa shape index (κ3) is 7.01. The van der Waals surface area contributed by atoms with Crippen molar-refractivity contribution in [1.29, 1.82) is 0 Å². The van der Waals surface area contributed by atoms with Crippen LogP contribution in [0.4, 0.5) is 0 Å². The largest absolute Gasteiger partial charge is 0.458 e. The van der Waals surface area contributed by atoms with Gasteiger partial charge in [-0.2, -0.15) is 8.42 Å². The van der Waals surface area contributed by atoms with E-state index in [9.17, 15) is 5.11 Å². The summed E-state index contributed by atoms with van der Waals surface area (Å²) in [5, 5.41) is 14.7. The Hall–Kier alpha value is -5.67. The van der Waals surface area contributed by atoms with Gasteiger partial charge < -0.3 is 13.9 Å². The third-order valence-corrected chi connectivity index (χ3v) is 15.6. The fourth-order valence-corrected chi connectivity index (χ4v) is 12.9. The minimum atomic E-state index is -4.67. The van der Waals surface area contributed by atoms with Gasteiger partial charge in [0.05, 0.1) is 9.79 Å². The summed E-state index contributed by atoms with van der Waals surface area (Å²) in [6.45, 7) is 0. The second kappa shape index (κ2) is 16.6. The van der Waals surface area contributed by atoms with Crippen molar-refractivity contribution < 1.29 is 31.5 Å². The molecule has 12 heteroatoms. The summed E-state index contributed by atoms with van der Waals surface area (Å²) in [7, 11) is -4.67. The summed E-state index contributed by atoms with van der Waals surface area (Å²) in [6, 6.07) is 64.9. The van der Waals surface area contributed by atoms with Crippen molar-refractivity contribution in [3.05, 3.63) is 236 Å². The van der Waals surface area contributed by atoms with Gasteiger partial charge in [0.2, 0.25) is 0 Å². The van der Waals surface area contributed by atoms with Crippen molar-refractivity contribution in [2.24, 2.45) is 0 Å². The van der Waals surface area contributed by atoms with E-state index in [-0.39, 0.29) is 0 Å². The minimum absolute atomic E-state index is 0.435. The Kier molecular flexibility index (Phi) is 10.8. The SMILES string of the molecule is Brc1ccc2oc3c(c2c1)Sc1ccccc1C31c2ccccc2-c2ccccc21.O=S(=O)(O)O.OC1(c2ccccc2-c2ccccc2)c2ccccc2Sc2c1oc1ccc(Br)cc21. The highest BCUT2D eigenvalue weighted by atomic mass is 79.9. The summed E-state index contributed by atoms with van der Waals surface area (Å²) in [4.78, 5) is 4.50. The van der Waals surface area contributed by atoms with Crippen LogP contribution < -0.4 is 0 Å². The molecule has 66 heavy (non-hydrogen) atoms. The number of furan rings is 2. The molecule has 1 spiro atoms. The Morgan fingerprint density at radius 3 is 1.42 bits per heavy atom. The molecule has 0 radical (unpaired) electrons. The first-order chi connectivity index (χ1) is 31.9. The summed E-state index contributed by atoms with van der Waals surface area (Å²) < 4.78 is 46.7. The molecule has 13 rings (SSSR count). The summed E-state index contributed by atoms with van der Waals surface area (Å²) in [5.74, 6) is 1.62. The minimum Gasteiger partial charge on any atom is -0.458 e. The van der Waals surface area contributed by atoms with E-state index in [4.69, 9.17) is 26.4 Å². The average Bonchev–Trinajstić information content (AvgIpc) is 3.98. The van der Waals surface area contributed by atoms with E-state index in [1.807, 2.05) is 78.5 Å². The molecule has 0 fully saturated rings. The van der Waals surface area contributed by atoms with Gasteiger partial charge in [-0.25, -0.2) is 0 Å². The van der Waals surface area contributed by atoms with Gasteiger partial charge in [0, 0.05) is 40.6 Å². The smallest absolute Gasteiger partial charge is 0.394 e. The first kappa shape index (κ1) is 42.9. The number of fused-ring (bicyclic) bond motifs is 15. The molecule has 3 N–H and O–H groups in total. The average molecular weight is 1050 g/mol. The van der Waals surface area contributed by atoms with Crippen LogP contribution in [0.2, 0.25) is 0 Å². The molecule has 2 aliphatic heterocycles. The van der Waals surface area contributed by atoms with Gasteiger partial charge in [-0.1, -0.05) is 195 Å². The maximum absolute atomic E-state index is 12.5. The van der Waals surface area contributed by atoms with Crippen LogP contribution in [0.1, 0.15) is 39.3 Å². The van der Waals surface area contributed by atoms with E-state index >= 15 is 0 Å². The molecule has 3 aliphatic rings. The fraction of sp³-hybridized carbons (Fsp3) is 0.0370. The van der Waals surface area contributed by atoms with Crippen LogP contribution in [-0.2, 0) is 21.4 Å². The van der Waals surface area contributed by atoms with Crippen molar-refractivity contribution in [1.82, 2.24) is 0 Å². The summed E-state index contributed by atoms with van der Waals surface area (Å²) in [6.07, 6.45) is 0. The van der Waals surface area contributed by atoms with Gasteiger partial charge in [-0.15, -0.1) is 0 Å². The van der Waals surface area contributed by atoms with Crippen LogP contribution in [0.25, 0.3) is 44.2 Å². The van der Waals surface area contributed by atoms with E-state index in [1.165, 1.54) is 43.0 Å². The van der Waals surface area contributed by atoms with Crippen LogP contribution >= 0.6 is 55.4 Å². The maximum Gasteiger partial charge on any atom is 0.394 e. The molecule has 1 unspecified atom stereocenters. The molecule has 324 valence electrons. The molecule has 2 aromatic heterocycles. The molecule has 10 aromatic rings. The van der Waals surface area contributed by atoms with E-state index in [0.717, 1.165) is 63.3 Å². The van der Waals surface area contributed by atoms with Crippen molar-refractivity contribution in [3.63, 3.8) is 0 Å². The van der Waals surface area contributed by atoms with Gasteiger partial charge >= 0.3 is 10.4 Å². The molecule has 1 atom stereocenters. The van der Waals surface area contributed by atoms with Gasteiger partial charge in [0.15, 0.2) is 11.4 Å². The van der Waals surface area contributed by atoms with E-state index in [2.05, 4.69) is 153 Å². The first-order valence-electron chi connectivity index (χ1n) is 20.7. The van der Waals surface area contributed by atoms with Crippen LogP contribution in [0.3, 0.4) is 0 Å². The summed E-state index contributed by atoms with van der Waals surface area (Å²) in [5.41, 5.74) is 10.1. The Morgan fingerprint density at radius 1 is 0.455 bits per heavy atom. The lowest BCUT2D eigenvalue weighted by molar-refractivity contribution is 0.0938. The predicted molar refractivity (Wildman–Crippen MR) is 268 cm³/mol. The van der Waals surface area contributed by atoms with Gasteiger partial charge in [0.25, 0.3) is 0 Å². The number of aliphatic hydroxyl groups is 1. The molecule has 0 saturated carbocycles. The second-order valence-corrected chi connectivity index (χ2v) is 20.7. The van der Waals surface area contributed by atoms with Crippen molar-refractivity contribution in [3.8, 4) is 22.3 Å². The molecule has 8 aromatic carbocycles. The van der Waals surface area contributed by atoms with Crippen molar-refractivity contribution >= 4 is 87.7 Å². The standard InChI is InChI=1S/C27H17BrO2S.C27H15BrOS.H2O4S/c28-18-14-15-23-20(16-18)25-26(30-23)27(29,22-12-6-7-13-24(22)31-25)21-11-5-4-10-19(21)17-8-2-1-3-9-17;28-16-13-14-23-19(15-16)25-26(29-23)27(22-11-5-6-12-24(22)30-25)20-9-3-1-7-17(20)18-8-2-4-10-21(18)27;1-5(2,3)4/h1-16,29H;1-15H;(H2,1,2,3,4). The van der Waals surface area contributed by atoms with Crippen LogP contribution in [0, 0.1) is 0 Å². The lowest BCUT2D eigenvalue weighted by Crippen LogP contribution is -2.32. The lowest BCUT2D eigenvalue weighted by Gasteiger charge is -2.36. The van der Waals surface area contributed by atoms with E-state index in [1.54, 1.807) is 11.8 Å². The number of halogens is 2. The number of rotatable bonds is 2. The molecule has 0 amide bonds. The third-order valence-electron chi connectivity index (χ3n) is 12.2. The number of hydrogen-bond acceptors (Lipinski definition) is 7. The Bertz CT molecular complexity index is 3610. The van der Waals surface area contributed by atoms with E-state index < -0.39 is 21.4 Å². The van der Waals surface area contributed by atoms with Gasteiger partial charge in [0.1, 0.15) is 22.3 Å². The van der Waals surface area contributed by atoms with E-state index in [0.29, 0.717) is 5.76 Å². The number of hydrogen-bond donors (Lipinski definition) is 3. The zero-order valence-electron chi connectivity index (χ0n) is 34.4. The topological polar surface area (TPSA) is 121 Å². The van der Waals surface area contributed by atoms with Crippen LogP contribution in [-0.4, -0.2) is 22.6 Å². The zero-order valence-corrected chi connectivity index (χ0v) is 40.0. The fourth-order valence-electron chi connectivity index (χ4n) is 9.67. The van der Waals surface area contributed by atoms with Gasteiger partial charge in [-0.05, 0) is 87.5 Å². The van der Waals surface area contributed by atoms with Crippen LogP contribution in [0.15, 0.2) is 225 Å². The monoisotopic (exact) mass is 1050 g/mol. The predicted octanol–water partition coefficient (Wildman–Crippen LogP) is 15.0. The molecule has 7 nitrogen and oxygen atoms in total. The maximum atomic E-state index is 12.5. The van der Waals surface area contributed by atoms with Crippen molar-refractivity contribution in [2.45, 2.75) is 30.6 Å². The molecular weight excluding hydrogens is 1020 g/mol. The quantitative estimate of drug-likeness (QED) is 0.145. The molecule has 0 bridgehead atoms. The molecule has 0 saturated heterocycles. The molecule has 4 heterocycles. The summed E-state index contributed by atoms with van der Waals surface area (Å²) >= 11 is 10.7. The Labute approximate surface area is 405 Å². The first-order valence-corrected chi connectivity index (χ1v) is 25.3. The van der Waals surface area contributed by atoms with Crippen LogP contribution in [0.5, 0.6) is 0 Å². The van der Waals surface area contributed by atoms with Crippen molar-refractivity contribution in [2.75, 3.05) is 0 Å². The molecular formula is C54H34Br2O7S3. The Morgan fingerprint density at radius 2 is 0.864 bits per heavy atom. The highest BCUT2D eigenvalue weighted by molar-refractivity contribution is 9.10. The van der Waals surface area contributed by atoms with Gasteiger partial charge in [-0.3, -0.25) is 9.11 Å². The normalized spacial score (nSPS) is 15.8. The zero-order chi connectivity index (χ0) is 45.4. The highest BCUT2D eigenvalue weighted by Crippen LogP contribution is 2.64. The second-order valence-electron chi connectivity index (χ2n) is 15.9. The highest BCUT2D eigenvalue weighted by Gasteiger charge is 2.53. The number of benzene rings is 8. The Balaban J connectivity index is 0.000000133. The lowest BCUT2D eigenvalue weighted by atomic mass is 9.70. The molecule has 1 aliphatic carbocycles.